The minimum atomic E-state index is -0.734. The summed E-state index contributed by atoms with van der Waals surface area (Å²) in [6.45, 7) is 0. The number of nitrogens with zero attached hydrogens (tertiary/aromatic N) is 2. The third-order valence-corrected chi connectivity index (χ3v) is 5.60. The van der Waals surface area contributed by atoms with Gasteiger partial charge in [0.2, 0.25) is 0 Å². The first kappa shape index (κ1) is 19.2. The highest BCUT2D eigenvalue weighted by Gasteiger charge is 2.25. The summed E-state index contributed by atoms with van der Waals surface area (Å²) < 4.78 is 14.7. The third kappa shape index (κ3) is 3.75. The van der Waals surface area contributed by atoms with E-state index in [2.05, 4.69) is 15.3 Å². The Morgan fingerprint density at radius 3 is 2.83 bits per heavy atom. The maximum Gasteiger partial charge on any atom is 0.252 e. The molecule has 7 nitrogen and oxygen atoms in total. The van der Waals surface area contributed by atoms with Crippen molar-refractivity contribution in [1.82, 2.24) is 9.97 Å². The second-order valence-electron chi connectivity index (χ2n) is 7.56. The molecule has 1 amide bonds. The monoisotopic (exact) mass is 396 g/mol. The normalized spacial score (nSPS) is 19.3. The van der Waals surface area contributed by atoms with E-state index in [4.69, 9.17) is 11.5 Å². The average molecular weight is 396 g/mol. The first-order chi connectivity index (χ1) is 13.9. The van der Waals surface area contributed by atoms with Crippen LogP contribution in [-0.2, 0) is 0 Å². The molecule has 2 aromatic heterocycles. The van der Waals surface area contributed by atoms with E-state index in [1.807, 2.05) is 30.5 Å². The molecule has 1 fully saturated rings. The standard InChI is InChI=1S/C21H25FN6O/c1-28(13-6-7-17-12(10-13)8-9-25-17)21-14(19(24)29)11-15(22)20(27-21)26-18-5-3-2-4-16(18)23/h6-11,16,18,25H,2-5,23H2,1H3,(H2,24,29)(H,26,27)/t16-,18+/m0/s1. The number of carbonyl (C=O) groups excluding carboxylic acids is 1. The number of carbonyl (C=O) groups is 1. The highest BCUT2D eigenvalue weighted by atomic mass is 19.1. The van der Waals surface area contributed by atoms with Crippen molar-refractivity contribution < 1.29 is 9.18 Å². The number of hydrogen-bond acceptors (Lipinski definition) is 5. The van der Waals surface area contributed by atoms with Gasteiger partial charge in [0, 0.05) is 41.9 Å². The summed E-state index contributed by atoms with van der Waals surface area (Å²) in [6.07, 6.45) is 5.72. The van der Waals surface area contributed by atoms with Gasteiger partial charge in [-0.15, -0.1) is 0 Å². The van der Waals surface area contributed by atoms with Crippen LogP contribution < -0.4 is 21.7 Å². The molecule has 6 N–H and O–H groups in total. The number of aromatic amines is 1. The van der Waals surface area contributed by atoms with Crippen LogP contribution in [0.2, 0.25) is 0 Å². The smallest absolute Gasteiger partial charge is 0.252 e. The number of H-pyrrole nitrogens is 1. The molecule has 0 spiro atoms. The average Bonchev–Trinajstić information content (AvgIpc) is 3.18. The van der Waals surface area contributed by atoms with Crippen molar-refractivity contribution in [3.05, 3.63) is 47.9 Å². The maximum atomic E-state index is 14.7. The molecule has 0 bridgehead atoms. The fourth-order valence-electron chi connectivity index (χ4n) is 3.90. The number of hydrogen-bond donors (Lipinski definition) is 4. The molecular weight excluding hydrogens is 371 g/mol. The summed E-state index contributed by atoms with van der Waals surface area (Å²) in [6, 6.07) is 8.79. The van der Waals surface area contributed by atoms with E-state index in [-0.39, 0.29) is 23.5 Å². The molecular formula is C21H25FN6O. The number of rotatable bonds is 5. The van der Waals surface area contributed by atoms with Crippen LogP contribution in [0.15, 0.2) is 36.5 Å². The molecule has 29 heavy (non-hydrogen) atoms. The van der Waals surface area contributed by atoms with Crippen LogP contribution in [0, 0.1) is 5.82 Å². The predicted octanol–water partition coefficient (Wildman–Crippen LogP) is 3.25. The number of nitrogens with one attached hydrogen (secondary N) is 2. The quantitative estimate of drug-likeness (QED) is 0.529. The number of fused-ring (bicyclic) bond motifs is 1. The van der Waals surface area contributed by atoms with Gasteiger partial charge in [0.15, 0.2) is 11.6 Å². The molecule has 1 saturated carbocycles. The fraction of sp³-hybridized carbons (Fsp3) is 0.333. The largest absolute Gasteiger partial charge is 0.365 e. The van der Waals surface area contributed by atoms with E-state index in [1.165, 1.54) is 0 Å². The van der Waals surface area contributed by atoms with Crippen LogP contribution in [0.1, 0.15) is 36.0 Å². The Balaban J connectivity index is 1.72. The molecule has 1 aliphatic carbocycles. The summed E-state index contributed by atoms with van der Waals surface area (Å²) in [5.74, 6) is -0.973. The molecule has 4 rings (SSSR count). The van der Waals surface area contributed by atoms with Gasteiger partial charge in [-0.1, -0.05) is 12.8 Å². The lowest BCUT2D eigenvalue weighted by Crippen LogP contribution is -2.43. The highest BCUT2D eigenvalue weighted by molar-refractivity contribution is 5.99. The van der Waals surface area contributed by atoms with Crippen molar-refractivity contribution in [1.29, 1.82) is 0 Å². The van der Waals surface area contributed by atoms with Crippen molar-refractivity contribution in [3.63, 3.8) is 0 Å². The summed E-state index contributed by atoms with van der Waals surface area (Å²) in [7, 11) is 1.77. The van der Waals surface area contributed by atoms with E-state index in [9.17, 15) is 9.18 Å². The third-order valence-electron chi connectivity index (χ3n) is 5.60. The Kier molecular flexibility index (Phi) is 5.10. The van der Waals surface area contributed by atoms with Crippen LogP contribution in [0.4, 0.5) is 21.7 Å². The molecule has 0 saturated heterocycles. The minimum Gasteiger partial charge on any atom is -0.365 e. The SMILES string of the molecule is CN(c1ccc2[nH]ccc2c1)c1nc(N[C@@H]2CCCC[C@@H]2N)c(F)cc1C(N)=O. The van der Waals surface area contributed by atoms with Crippen LogP contribution >= 0.6 is 0 Å². The minimum absolute atomic E-state index is 0.0256. The molecule has 3 aromatic rings. The lowest BCUT2D eigenvalue weighted by atomic mass is 9.91. The number of amides is 1. The number of nitrogens with two attached hydrogens (primary N) is 2. The van der Waals surface area contributed by atoms with Gasteiger partial charge in [0.1, 0.15) is 5.82 Å². The van der Waals surface area contributed by atoms with Gasteiger partial charge in [-0.25, -0.2) is 9.37 Å². The molecule has 1 aromatic carbocycles. The molecule has 0 aliphatic heterocycles. The second kappa shape index (κ2) is 7.71. The molecule has 2 heterocycles. The van der Waals surface area contributed by atoms with E-state index >= 15 is 0 Å². The van der Waals surface area contributed by atoms with Crippen molar-refractivity contribution in [3.8, 4) is 0 Å². The Morgan fingerprint density at radius 2 is 2.07 bits per heavy atom. The lowest BCUT2D eigenvalue weighted by molar-refractivity contribution is 0.1000. The number of pyridine rings is 1. The van der Waals surface area contributed by atoms with E-state index < -0.39 is 11.7 Å². The van der Waals surface area contributed by atoms with Crippen molar-refractivity contribution in [2.24, 2.45) is 11.5 Å². The molecule has 1 aliphatic rings. The zero-order valence-corrected chi connectivity index (χ0v) is 16.3. The van der Waals surface area contributed by atoms with E-state index in [0.717, 1.165) is 48.3 Å². The zero-order chi connectivity index (χ0) is 20.5. The van der Waals surface area contributed by atoms with Crippen molar-refractivity contribution >= 4 is 34.1 Å². The van der Waals surface area contributed by atoms with Crippen molar-refractivity contribution in [2.75, 3.05) is 17.3 Å². The van der Waals surface area contributed by atoms with Crippen molar-refractivity contribution in [2.45, 2.75) is 37.8 Å². The summed E-state index contributed by atoms with van der Waals surface area (Å²) in [5.41, 5.74) is 13.5. The number of benzene rings is 1. The Bertz CT molecular complexity index is 1050. The van der Waals surface area contributed by atoms with Crippen LogP contribution in [0.25, 0.3) is 10.9 Å². The zero-order valence-electron chi connectivity index (χ0n) is 16.3. The van der Waals surface area contributed by atoms with Crippen LogP contribution in [0.5, 0.6) is 0 Å². The Labute approximate surface area is 168 Å². The number of aromatic nitrogens is 2. The fourth-order valence-corrected chi connectivity index (χ4v) is 3.90. The topological polar surface area (TPSA) is 113 Å². The summed E-state index contributed by atoms with van der Waals surface area (Å²) in [4.78, 5) is 21.3. The number of anilines is 3. The molecule has 152 valence electrons. The Hall–Kier alpha value is -3.13. The first-order valence-electron chi connectivity index (χ1n) is 9.77. The molecule has 0 radical (unpaired) electrons. The van der Waals surface area contributed by atoms with Gasteiger partial charge in [0.25, 0.3) is 5.91 Å². The van der Waals surface area contributed by atoms with Gasteiger partial charge in [0.05, 0.1) is 5.56 Å². The van der Waals surface area contributed by atoms with Crippen LogP contribution in [-0.4, -0.2) is 35.0 Å². The first-order valence-corrected chi connectivity index (χ1v) is 9.77. The summed E-state index contributed by atoms with van der Waals surface area (Å²) >= 11 is 0. The van der Waals surface area contributed by atoms with E-state index in [1.54, 1.807) is 11.9 Å². The number of primary amides is 1. The van der Waals surface area contributed by atoms with Gasteiger partial charge < -0.3 is 26.7 Å². The molecule has 2 atom stereocenters. The van der Waals surface area contributed by atoms with Gasteiger partial charge in [-0.05, 0) is 43.2 Å². The highest BCUT2D eigenvalue weighted by Crippen LogP contribution is 2.31. The van der Waals surface area contributed by atoms with E-state index in [0.29, 0.717) is 5.82 Å². The Morgan fingerprint density at radius 1 is 1.28 bits per heavy atom. The molecule has 8 heteroatoms. The second-order valence-corrected chi connectivity index (χ2v) is 7.56. The van der Waals surface area contributed by atoms with Crippen LogP contribution in [0.3, 0.4) is 0 Å². The number of halogens is 1. The summed E-state index contributed by atoms with van der Waals surface area (Å²) in [5, 5.41) is 4.16. The lowest BCUT2D eigenvalue weighted by Gasteiger charge is -2.30. The predicted molar refractivity (Wildman–Crippen MR) is 113 cm³/mol. The van der Waals surface area contributed by atoms with Gasteiger partial charge >= 0.3 is 0 Å². The van der Waals surface area contributed by atoms with Gasteiger partial charge in [-0.3, -0.25) is 4.79 Å². The molecule has 0 unspecified atom stereocenters. The maximum absolute atomic E-state index is 14.7. The van der Waals surface area contributed by atoms with Gasteiger partial charge in [-0.2, -0.15) is 0 Å².